The molecule has 0 saturated carbocycles. The Kier molecular flexibility index (Phi) is 3.97. The standard InChI is InChI=1S/C18H24N6O/c1-21(2)12-17-20-8-10-22(17)13-3-5-14(6-4-13)24-11-16-15(19)7-9-23(16)18(24)25/h3-6,8,10,15-16H,7,9,11-12,19H2,1-2H3/t15-,16-/m1/s1. The lowest BCUT2D eigenvalue weighted by atomic mass is 10.1. The van der Waals surface area contributed by atoms with Gasteiger partial charge in [0, 0.05) is 42.9 Å². The minimum absolute atomic E-state index is 0.0710. The second kappa shape index (κ2) is 6.16. The molecule has 0 bridgehead atoms. The minimum atomic E-state index is 0.0710. The second-order valence-corrected chi connectivity index (χ2v) is 7.07. The number of nitrogens with two attached hydrogens (primary N) is 1. The predicted molar refractivity (Wildman–Crippen MR) is 96.8 cm³/mol. The number of urea groups is 1. The van der Waals surface area contributed by atoms with Crippen molar-refractivity contribution >= 4 is 11.7 Å². The third kappa shape index (κ3) is 2.79. The molecule has 2 fully saturated rings. The maximum atomic E-state index is 12.6. The number of benzene rings is 1. The molecular weight excluding hydrogens is 316 g/mol. The third-order valence-corrected chi connectivity index (χ3v) is 5.06. The van der Waals surface area contributed by atoms with Gasteiger partial charge in [-0.2, -0.15) is 0 Å². The maximum Gasteiger partial charge on any atom is 0.324 e. The van der Waals surface area contributed by atoms with E-state index in [1.807, 2.05) is 60.6 Å². The summed E-state index contributed by atoms with van der Waals surface area (Å²) >= 11 is 0. The Labute approximate surface area is 147 Å². The Morgan fingerprint density at radius 3 is 2.64 bits per heavy atom. The molecule has 1 aromatic heterocycles. The molecule has 0 spiro atoms. The molecule has 132 valence electrons. The van der Waals surface area contributed by atoms with E-state index in [9.17, 15) is 4.79 Å². The van der Waals surface area contributed by atoms with Gasteiger partial charge in [0.15, 0.2) is 0 Å². The van der Waals surface area contributed by atoms with E-state index in [2.05, 4.69) is 14.5 Å². The van der Waals surface area contributed by atoms with Gasteiger partial charge in [-0.25, -0.2) is 9.78 Å². The van der Waals surface area contributed by atoms with Crippen LogP contribution >= 0.6 is 0 Å². The Bertz CT molecular complexity index is 768. The highest BCUT2D eigenvalue weighted by Gasteiger charge is 2.44. The van der Waals surface area contributed by atoms with Crippen LogP contribution in [0.15, 0.2) is 36.7 Å². The molecule has 1 aromatic carbocycles. The van der Waals surface area contributed by atoms with E-state index < -0.39 is 0 Å². The van der Waals surface area contributed by atoms with Gasteiger partial charge in [-0.05, 0) is 44.8 Å². The van der Waals surface area contributed by atoms with Crippen molar-refractivity contribution in [2.24, 2.45) is 5.73 Å². The minimum Gasteiger partial charge on any atom is -0.326 e. The Balaban J connectivity index is 1.55. The van der Waals surface area contributed by atoms with Crippen LogP contribution in [0.5, 0.6) is 0 Å². The highest BCUT2D eigenvalue weighted by atomic mass is 16.2. The average molecular weight is 340 g/mol. The van der Waals surface area contributed by atoms with Crippen LogP contribution in [-0.4, -0.2) is 64.7 Å². The first-order valence-corrected chi connectivity index (χ1v) is 8.65. The largest absolute Gasteiger partial charge is 0.326 e. The number of fused-ring (bicyclic) bond motifs is 1. The van der Waals surface area contributed by atoms with Gasteiger partial charge in [-0.15, -0.1) is 0 Å². The van der Waals surface area contributed by atoms with Crippen LogP contribution in [0.3, 0.4) is 0 Å². The second-order valence-electron chi connectivity index (χ2n) is 7.07. The number of imidazole rings is 1. The van der Waals surface area contributed by atoms with Crippen LogP contribution in [0.2, 0.25) is 0 Å². The molecule has 2 saturated heterocycles. The lowest BCUT2D eigenvalue weighted by molar-refractivity contribution is 0.218. The summed E-state index contributed by atoms with van der Waals surface area (Å²) in [7, 11) is 4.05. The van der Waals surface area contributed by atoms with Crippen molar-refractivity contribution < 1.29 is 4.79 Å². The maximum absolute atomic E-state index is 12.6. The molecule has 2 aromatic rings. The summed E-state index contributed by atoms with van der Waals surface area (Å²) < 4.78 is 2.07. The van der Waals surface area contributed by atoms with Crippen LogP contribution in [0.25, 0.3) is 5.69 Å². The van der Waals surface area contributed by atoms with E-state index >= 15 is 0 Å². The molecule has 2 amide bonds. The number of amides is 2. The van der Waals surface area contributed by atoms with Crippen LogP contribution in [0, 0.1) is 0 Å². The number of carbonyl (C=O) groups excluding carboxylic acids is 1. The van der Waals surface area contributed by atoms with Gasteiger partial charge in [0.2, 0.25) is 0 Å². The summed E-state index contributed by atoms with van der Waals surface area (Å²) in [6.07, 6.45) is 4.68. The molecule has 2 N–H and O–H groups in total. The number of anilines is 1. The van der Waals surface area contributed by atoms with E-state index in [1.54, 1.807) is 0 Å². The SMILES string of the molecule is CN(C)Cc1nccn1-c1ccc(N2C[C@@H]3[C@H](N)CCN3C2=O)cc1. The van der Waals surface area contributed by atoms with Gasteiger partial charge in [0.1, 0.15) is 5.82 Å². The van der Waals surface area contributed by atoms with Gasteiger partial charge in [0.25, 0.3) is 0 Å². The van der Waals surface area contributed by atoms with Crippen molar-refractivity contribution in [1.29, 1.82) is 0 Å². The summed E-state index contributed by atoms with van der Waals surface area (Å²) in [5.41, 5.74) is 8.10. The Morgan fingerprint density at radius 1 is 1.24 bits per heavy atom. The van der Waals surface area contributed by atoms with Crippen molar-refractivity contribution in [2.75, 3.05) is 32.1 Å². The molecule has 0 aliphatic carbocycles. The first-order chi connectivity index (χ1) is 12.0. The van der Waals surface area contributed by atoms with Gasteiger partial charge in [-0.3, -0.25) is 4.90 Å². The van der Waals surface area contributed by atoms with Crippen molar-refractivity contribution in [3.63, 3.8) is 0 Å². The molecule has 7 nitrogen and oxygen atoms in total. The summed E-state index contributed by atoms with van der Waals surface area (Å²) in [5, 5.41) is 0. The van der Waals surface area contributed by atoms with Gasteiger partial charge >= 0.3 is 6.03 Å². The predicted octanol–water partition coefficient (Wildman–Crippen LogP) is 1.28. The fraction of sp³-hybridized carbons (Fsp3) is 0.444. The lowest BCUT2D eigenvalue weighted by Crippen LogP contribution is -2.37. The monoisotopic (exact) mass is 340 g/mol. The fourth-order valence-corrected chi connectivity index (χ4v) is 3.75. The van der Waals surface area contributed by atoms with E-state index in [-0.39, 0.29) is 18.1 Å². The van der Waals surface area contributed by atoms with E-state index in [0.29, 0.717) is 6.54 Å². The molecule has 4 rings (SSSR count). The van der Waals surface area contributed by atoms with Crippen molar-refractivity contribution in [3.05, 3.63) is 42.5 Å². The van der Waals surface area contributed by atoms with Crippen molar-refractivity contribution in [1.82, 2.24) is 19.4 Å². The number of aromatic nitrogens is 2. The number of rotatable bonds is 4. The average Bonchev–Trinajstić information content (AvgIpc) is 3.26. The van der Waals surface area contributed by atoms with Crippen LogP contribution in [0.1, 0.15) is 12.2 Å². The molecule has 25 heavy (non-hydrogen) atoms. The molecule has 0 radical (unpaired) electrons. The quantitative estimate of drug-likeness (QED) is 0.910. The number of hydrogen-bond donors (Lipinski definition) is 1. The van der Waals surface area contributed by atoms with E-state index in [0.717, 1.165) is 36.7 Å². The number of nitrogens with zero attached hydrogens (tertiary/aromatic N) is 5. The summed E-state index contributed by atoms with van der Waals surface area (Å²) in [6.45, 7) is 2.21. The van der Waals surface area contributed by atoms with Gasteiger partial charge in [0.05, 0.1) is 12.6 Å². The van der Waals surface area contributed by atoms with Crippen LogP contribution < -0.4 is 10.6 Å². The first-order valence-electron chi connectivity index (χ1n) is 8.65. The molecule has 0 unspecified atom stereocenters. The number of hydrogen-bond acceptors (Lipinski definition) is 4. The van der Waals surface area contributed by atoms with Gasteiger partial charge in [-0.1, -0.05) is 0 Å². The first kappa shape index (κ1) is 16.1. The molecule has 2 aliphatic heterocycles. The number of carbonyl (C=O) groups is 1. The lowest BCUT2D eigenvalue weighted by Gasteiger charge is -2.18. The smallest absolute Gasteiger partial charge is 0.324 e. The molecule has 2 aliphatic rings. The topological polar surface area (TPSA) is 70.6 Å². The van der Waals surface area contributed by atoms with Crippen molar-refractivity contribution in [2.45, 2.75) is 25.0 Å². The van der Waals surface area contributed by atoms with E-state index in [1.165, 1.54) is 0 Å². The van der Waals surface area contributed by atoms with E-state index in [4.69, 9.17) is 5.73 Å². The normalized spacial score (nSPS) is 23.0. The zero-order valence-corrected chi connectivity index (χ0v) is 14.7. The Morgan fingerprint density at radius 2 is 1.96 bits per heavy atom. The summed E-state index contributed by atoms with van der Waals surface area (Å²) in [6, 6.07) is 8.38. The zero-order valence-electron chi connectivity index (χ0n) is 14.7. The Hall–Kier alpha value is -2.38. The third-order valence-electron chi connectivity index (χ3n) is 5.06. The summed E-state index contributed by atoms with van der Waals surface area (Å²) in [5.74, 6) is 0.988. The molecule has 3 heterocycles. The van der Waals surface area contributed by atoms with Crippen LogP contribution in [0.4, 0.5) is 10.5 Å². The molecule has 7 heteroatoms. The molecule has 2 atom stereocenters. The zero-order chi connectivity index (χ0) is 17.6. The van der Waals surface area contributed by atoms with Crippen molar-refractivity contribution in [3.8, 4) is 5.69 Å². The van der Waals surface area contributed by atoms with Crippen LogP contribution in [-0.2, 0) is 6.54 Å². The highest BCUT2D eigenvalue weighted by molar-refractivity contribution is 5.95. The molecular formula is C18H24N6O. The highest BCUT2D eigenvalue weighted by Crippen LogP contribution is 2.30. The fourth-order valence-electron chi connectivity index (χ4n) is 3.75. The van der Waals surface area contributed by atoms with Gasteiger partial charge < -0.3 is 20.1 Å². The summed E-state index contributed by atoms with van der Waals surface area (Å²) in [4.78, 5) is 22.9.